The van der Waals surface area contributed by atoms with Crippen molar-refractivity contribution in [3.8, 4) is 0 Å². The first-order chi connectivity index (χ1) is 8.81. The van der Waals surface area contributed by atoms with Gasteiger partial charge in [0.05, 0.1) is 13.2 Å². The lowest BCUT2D eigenvalue weighted by molar-refractivity contribution is 0.0342. The van der Waals surface area contributed by atoms with Crippen molar-refractivity contribution in [2.75, 3.05) is 26.3 Å². The second-order valence-corrected chi connectivity index (χ2v) is 5.49. The second kappa shape index (κ2) is 5.39. The van der Waals surface area contributed by atoms with Crippen molar-refractivity contribution < 1.29 is 4.74 Å². The van der Waals surface area contributed by atoms with Crippen LogP contribution in [0.25, 0.3) is 0 Å². The van der Waals surface area contributed by atoms with E-state index in [9.17, 15) is 0 Å². The third-order valence-corrected chi connectivity index (χ3v) is 4.05. The zero-order valence-electron chi connectivity index (χ0n) is 10.9. The maximum atomic E-state index is 6.01. The summed E-state index contributed by atoms with van der Waals surface area (Å²) < 4.78 is 5.38. The lowest BCUT2D eigenvalue weighted by atomic mass is 9.87. The van der Waals surface area contributed by atoms with Crippen LogP contribution in [-0.2, 0) is 24.1 Å². The van der Waals surface area contributed by atoms with Crippen molar-refractivity contribution in [2.45, 2.75) is 31.8 Å². The summed E-state index contributed by atoms with van der Waals surface area (Å²) in [5.74, 6) is 0. The first kappa shape index (κ1) is 12.2. The molecule has 0 radical (unpaired) electrons. The van der Waals surface area contributed by atoms with E-state index in [1.54, 1.807) is 0 Å². The summed E-state index contributed by atoms with van der Waals surface area (Å²) >= 11 is 0. The Hall–Kier alpha value is -0.900. The molecule has 0 spiro atoms. The molecule has 1 aliphatic heterocycles. The Morgan fingerprint density at radius 2 is 2.06 bits per heavy atom. The van der Waals surface area contributed by atoms with Crippen molar-refractivity contribution in [3.63, 3.8) is 0 Å². The van der Waals surface area contributed by atoms with Crippen LogP contribution in [0.15, 0.2) is 18.2 Å². The smallest absolute Gasteiger partial charge is 0.0594 e. The molecular weight excluding hydrogens is 224 g/mol. The van der Waals surface area contributed by atoms with Gasteiger partial charge in [-0.2, -0.15) is 0 Å². The molecule has 0 amide bonds. The van der Waals surface area contributed by atoms with E-state index in [-0.39, 0.29) is 0 Å². The minimum absolute atomic E-state index is 0.364. The van der Waals surface area contributed by atoms with Crippen LogP contribution in [0.2, 0.25) is 0 Å². The molecule has 1 fully saturated rings. The summed E-state index contributed by atoms with van der Waals surface area (Å²) in [5.41, 5.74) is 10.4. The zero-order chi connectivity index (χ0) is 12.4. The van der Waals surface area contributed by atoms with Gasteiger partial charge >= 0.3 is 0 Å². The van der Waals surface area contributed by atoms with Crippen molar-refractivity contribution >= 4 is 0 Å². The minimum atomic E-state index is 0.364. The second-order valence-electron chi connectivity index (χ2n) is 5.49. The van der Waals surface area contributed by atoms with Crippen LogP contribution in [0.5, 0.6) is 0 Å². The van der Waals surface area contributed by atoms with Gasteiger partial charge in [0, 0.05) is 25.7 Å². The van der Waals surface area contributed by atoms with Gasteiger partial charge in [-0.15, -0.1) is 0 Å². The van der Waals surface area contributed by atoms with Crippen molar-refractivity contribution in [2.24, 2.45) is 5.73 Å². The first-order valence-corrected chi connectivity index (χ1v) is 6.97. The highest BCUT2D eigenvalue weighted by Crippen LogP contribution is 2.22. The molecule has 98 valence electrons. The minimum Gasteiger partial charge on any atom is -0.379 e. The predicted octanol–water partition coefficient (Wildman–Crippen LogP) is 1.33. The number of aryl methyl sites for hydroxylation is 1. The quantitative estimate of drug-likeness (QED) is 0.855. The van der Waals surface area contributed by atoms with Gasteiger partial charge in [-0.3, -0.25) is 4.90 Å². The normalized spacial score (nSPS) is 24.8. The Morgan fingerprint density at radius 3 is 2.89 bits per heavy atom. The maximum absolute atomic E-state index is 6.01. The van der Waals surface area contributed by atoms with Gasteiger partial charge in [0.15, 0.2) is 0 Å². The molecule has 1 heterocycles. The van der Waals surface area contributed by atoms with Crippen molar-refractivity contribution in [1.29, 1.82) is 0 Å². The van der Waals surface area contributed by atoms with E-state index in [4.69, 9.17) is 10.5 Å². The monoisotopic (exact) mass is 246 g/mol. The van der Waals surface area contributed by atoms with Gasteiger partial charge < -0.3 is 10.5 Å². The van der Waals surface area contributed by atoms with Crippen molar-refractivity contribution in [1.82, 2.24) is 4.90 Å². The predicted molar refractivity (Wildman–Crippen MR) is 72.5 cm³/mol. The Kier molecular flexibility index (Phi) is 3.64. The Balaban J connectivity index is 1.69. The topological polar surface area (TPSA) is 38.5 Å². The molecule has 1 aliphatic carbocycles. The van der Waals surface area contributed by atoms with Crippen LogP contribution >= 0.6 is 0 Å². The number of ether oxygens (including phenoxy) is 1. The standard InChI is InChI=1S/C15H22N2O/c16-15-4-3-13-9-12(1-2-14(13)10-15)11-17-5-7-18-8-6-17/h1-2,9,15H,3-8,10-11,16H2. The van der Waals surface area contributed by atoms with Gasteiger partial charge in [0.2, 0.25) is 0 Å². The molecule has 0 bridgehead atoms. The molecular formula is C15H22N2O. The number of morpholine rings is 1. The highest BCUT2D eigenvalue weighted by atomic mass is 16.5. The van der Waals surface area contributed by atoms with Gasteiger partial charge in [-0.25, -0.2) is 0 Å². The lowest BCUT2D eigenvalue weighted by Crippen LogP contribution is -2.35. The van der Waals surface area contributed by atoms with Gasteiger partial charge in [-0.1, -0.05) is 18.2 Å². The molecule has 1 aromatic carbocycles. The van der Waals surface area contributed by atoms with E-state index in [1.807, 2.05) is 0 Å². The van der Waals surface area contributed by atoms with Crippen LogP contribution in [0.1, 0.15) is 23.1 Å². The molecule has 1 unspecified atom stereocenters. The molecule has 3 nitrogen and oxygen atoms in total. The lowest BCUT2D eigenvalue weighted by Gasteiger charge is -2.27. The third-order valence-electron chi connectivity index (χ3n) is 4.05. The van der Waals surface area contributed by atoms with Crippen molar-refractivity contribution in [3.05, 3.63) is 34.9 Å². The summed E-state index contributed by atoms with van der Waals surface area (Å²) in [5, 5.41) is 0. The number of rotatable bonds is 2. The summed E-state index contributed by atoms with van der Waals surface area (Å²) in [6.07, 6.45) is 3.33. The highest BCUT2D eigenvalue weighted by Gasteiger charge is 2.16. The molecule has 1 saturated heterocycles. The van der Waals surface area contributed by atoms with E-state index in [0.717, 1.165) is 52.1 Å². The van der Waals surface area contributed by atoms with Crippen LogP contribution in [0.3, 0.4) is 0 Å². The number of nitrogens with two attached hydrogens (primary N) is 1. The summed E-state index contributed by atoms with van der Waals surface area (Å²) in [7, 11) is 0. The molecule has 2 N–H and O–H groups in total. The summed E-state index contributed by atoms with van der Waals surface area (Å²) in [6.45, 7) is 4.92. The Morgan fingerprint density at radius 1 is 1.22 bits per heavy atom. The first-order valence-electron chi connectivity index (χ1n) is 6.97. The number of benzene rings is 1. The Bertz CT molecular complexity index is 413. The van der Waals surface area contributed by atoms with Crippen LogP contribution in [0, 0.1) is 0 Å². The fourth-order valence-electron chi connectivity index (χ4n) is 2.95. The average Bonchev–Trinajstić information content (AvgIpc) is 2.40. The fraction of sp³-hybridized carbons (Fsp3) is 0.600. The molecule has 18 heavy (non-hydrogen) atoms. The van der Waals surface area contributed by atoms with Gasteiger partial charge in [-0.05, 0) is 36.0 Å². The zero-order valence-corrected chi connectivity index (χ0v) is 10.9. The molecule has 1 atom stereocenters. The summed E-state index contributed by atoms with van der Waals surface area (Å²) in [6, 6.07) is 7.30. The van der Waals surface area contributed by atoms with E-state index in [0.29, 0.717) is 6.04 Å². The molecule has 0 saturated carbocycles. The molecule has 0 aromatic heterocycles. The molecule has 3 rings (SSSR count). The fourth-order valence-corrected chi connectivity index (χ4v) is 2.95. The number of fused-ring (bicyclic) bond motifs is 1. The Labute approximate surface area is 109 Å². The van der Waals surface area contributed by atoms with Gasteiger partial charge in [0.1, 0.15) is 0 Å². The average molecular weight is 246 g/mol. The summed E-state index contributed by atoms with van der Waals surface area (Å²) in [4.78, 5) is 2.47. The maximum Gasteiger partial charge on any atom is 0.0594 e. The van der Waals surface area contributed by atoms with E-state index < -0.39 is 0 Å². The van der Waals surface area contributed by atoms with Crippen LogP contribution in [-0.4, -0.2) is 37.2 Å². The molecule has 3 heteroatoms. The number of hydrogen-bond acceptors (Lipinski definition) is 3. The third kappa shape index (κ3) is 2.74. The SMILES string of the molecule is NC1CCc2cc(CN3CCOCC3)ccc2C1. The largest absolute Gasteiger partial charge is 0.379 e. The van der Waals surface area contributed by atoms with Gasteiger partial charge in [0.25, 0.3) is 0 Å². The molecule has 2 aliphatic rings. The number of hydrogen-bond donors (Lipinski definition) is 1. The van der Waals surface area contributed by atoms with Crippen LogP contribution in [0.4, 0.5) is 0 Å². The van der Waals surface area contributed by atoms with E-state index in [1.165, 1.54) is 16.7 Å². The highest BCUT2D eigenvalue weighted by molar-refractivity contribution is 5.34. The van der Waals surface area contributed by atoms with E-state index >= 15 is 0 Å². The number of nitrogens with zero attached hydrogens (tertiary/aromatic N) is 1. The van der Waals surface area contributed by atoms with Crippen LogP contribution < -0.4 is 5.73 Å². The molecule has 1 aromatic rings. The van der Waals surface area contributed by atoms with E-state index in [2.05, 4.69) is 23.1 Å².